The summed E-state index contributed by atoms with van der Waals surface area (Å²) in [6, 6.07) is 22.3. The van der Waals surface area contributed by atoms with Crippen LogP contribution in [0.4, 0.5) is 0 Å². The smallest absolute Gasteiger partial charge is 0.138 e. The maximum absolute atomic E-state index is 6.12. The number of benzene rings is 2. The summed E-state index contributed by atoms with van der Waals surface area (Å²) >= 11 is 7.85. The van der Waals surface area contributed by atoms with Crippen LogP contribution in [0.3, 0.4) is 0 Å². The number of halogens is 1. The SMILES string of the molecule is Cc1nc(Cl)cc(OCc2ccccc2)c1SCc1ccccc1. The zero-order chi connectivity index (χ0) is 16.8. The first-order valence-corrected chi connectivity index (χ1v) is 9.09. The van der Waals surface area contributed by atoms with Gasteiger partial charge in [0.1, 0.15) is 17.5 Å². The van der Waals surface area contributed by atoms with E-state index >= 15 is 0 Å². The first kappa shape index (κ1) is 16.9. The maximum atomic E-state index is 6.12. The van der Waals surface area contributed by atoms with Crippen LogP contribution in [0.25, 0.3) is 0 Å². The second-order valence-corrected chi connectivity index (χ2v) is 6.78. The highest BCUT2D eigenvalue weighted by molar-refractivity contribution is 7.98. The van der Waals surface area contributed by atoms with E-state index in [-0.39, 0.29) is 0 Å². The average Bonchev–Trinajstić information content (AvgIpc) is 2.61. The molecule has 0 fully saturated rings. The van der Waals surface area contributed by atoms with Crippen molar-refractivity contribution in [2.45, 2.75) is 24.2 Å². The van der Waals surface area contributed by atoms with Gasteiger partial charge in [0.25, 0.3) is 0 Å². The Bertz CT molecular complexity index is 793. The van der Waals surface area contributed by atoms with E-state index in [0.29, 0.717) is 11.8 Å². The van der Waals surface area contributed by atoms with Crippen molar-refractivity contribution >= 4 is 23.4 Å². The highest BCUT2D eigenvalue weighted by Crippen LogP contribution is 2.36. The third kappa shape index (κ3) is 4.53. The van der Waals surface area contributed by atoms with E-state index in [2.05, 4.69) is 29.2 Å². The lowest BCUT2D eigenvalue weighted by molar-refractivity contribution is 0.298. The van der Waals surface area contributed by atoms with Gasteiger partial charge in [-0.25, -0.2) is 4.98 Å². The van der Waals surface area contributed by atoms with Gasteiger partial charge >= 0.3 is 0 Å². The highest BCUT2D eigenvalue weighted by atomic mass is 35.5. The molecule has 0 unspecified atom stereocenters. The Morgan fingerprint density at radius 3 is 2.25 bits per heavy atom. The van der Waals surface area contributed by atoms with E-state index in [0.717, 1.165) is 27.7 Å². The minimum Gasteiger partial charge on any atom is -0.488 e. The van der Waals surface area contributed by atoms with Gasteiger partial charge in [-0.2, -0.15) is 0 Å². The molecule has 3 aromatic rings. The summed E-state index contributed by atoms with van der Waals surface area (Å²) in [6.07, 6.45) is 0. The summed E-state index contributed by atoms with van der Waals surface area (Å²) in [5.74, 6) is 1.66. The lowest BCUT2D eigenvalue weighted by Crippen LogP contribution is -1.99. The maximum Gasteiger partial charge on any atom is 0.138 e. The van der Waals surface area contributed by atoms with Gasteiger partial charge in [-0.05, 0) is 18.1 Å². The van der Waals surface area contributed by atoms with E-state index in [9.17, 15) is 0 Å². The monoisotopic (exact) mass is 355 g/mol. The van der Waals surface area contributed by atoms with Crippen LogP contribution >= 0.6 is 23.4 Å². The fraction of sp³-hybridized carbons (Fsp3) is 0.150. The van der Waals surface area contributed by atoms with Gasteiger partial charge in [0, 0.05) is 11.8 Å². The molecule has 0 saturated carbocycles. The van der Waals surface area contributed by atoms with Crippen LogP contribution in [0.2, 0.25) is 5.15 Å². The molecule has 1 aromatic heterocycles. The molecule has 3 rings (SSSR count). The largest absolute Gasteiger partial charge is 0.488 e. The van der Waals surface area contributed by atoms with Gasteiger partial charge in [-0.15, -0.1) is 11.8 Å². The normalized spacial score (nSPS) is 10.6. The number of hydrogen-bond donors (Lipinski definition) is 0. The van der Waals surface area contributed by atoms with E-state index in [1.807, 2.05) is 43.3 Å². The van der Waals surface area contributed by atoms with Crippen LogP contribution in [0.5, 0.6) is 5.75 Å². The molecule has 0 aliphatic rings. The lowest BCUT2D eigenvalue weighted by Gasteiger charge is -2.14. The Kier molecular flexibility index (Phi) is 5.78. The first-order chi connectivity index (χ1) is 11.7. The van der Waals surface area contributed by atoms with Gasteiger partial charge in [-0.1, -0.05) is 72.3 Å². The van der Waals surface area contributed by atoms with Crippen molar-refractivity contribution in [2.75, 3.05) is 0 Å². The molecule has 0 bridgehead atoms. The average molecular weight is 356 g/mol. The second-order valence-electron chi connectivity index (χ2n) is 5.41. The molecule has 0 aliphatic heterocycles. The van der Waals surface area contributed by atoms with E-state index in [4.69, 9.17) is 16.3 Å². The molecular formula is C20H18ClNOS. The first-order valence-electron chi connectivity index (χ1n) is 7.73. The zero-order valence-corrected chi connectivity index (χ0v) is 15.0. The highest BCUT2D eigenvalue weighted by Gasteiger charge is 2.12. The molecule has 24 heavy (non-hydrogen) atoms. The van der Waals surface area contributed by atoms with Crippen molar-refractivity contribution in [1.82, 2.24) is 4.98 Å². The van der Waals surface area contributed by atoms with Gasteiger partial charge in [0.05, 0.1) is 10.6 Å². The van der Waals surface area contributed by atoms with Gasteiger partial charge in [0.2, 0.25) is 0 Å². The molecule has 0 aliphatic carbocycles. The molecule has 2 nitrogen and oxygen atoms in total. The number of aryl methyl sites for hydroxylation is 1. The van der Waals surface area contributed by atoms with Crippen molar-refractivity contribution in [3.8, 4) is 5.75 Å². The fourth-order valence-corrected chi connectivity index (χ4v) is 3.59. The summed E-state index contributed by atoms with van der Waals surface area (Å²) in [7, 11) is 0. The molecule has 0 spiro atoms. The number of pyridine rings is 1. The predicted octanol–water partition coefficient (Wildman–Crippen LogP) is 5.91. The summed E-state index contributed by atoms with van der Waals surface area (Å²) in [4.78, 5) is 5.41. The molecule has 2 aromatic carbocycles. The van der Waals surface area contributed by atoms with Crippen LogP contribution in [0.1, 0.15) is 16.8 Å². The van der Waals surface area contributed by atoms with Crippen molar-refractivity contribution in [3.63, 3.8) is 0 Å². The molecule has 0 N–H and O–H groups in total. The molecule has 0 saturated heterocycles. The van der Waals surface area contributed by atoms with Crippen molar-refractivity contribution in [3.05, 3.63) is 88.7 Å². The topological polar surface area (TPSA) is 22.1 Å². The lowest BCUT2D eigenvalue weighted by atomic mass is 10.2. The van der Waals surface area contributed by atoms with Gasteiger partial charge in [0.15, 0.2) is 0 Å². The van der Waals surface area contributed by atoms with Crippen molar-refractivity contribution < 1.29 is 4.74 Å². The summed E-state index contributed by atoms with van der Waals surface area (Å²) in [6.45, 7) is 2.48. The number of nitrogens with zero attached hydrogens (tertiary/aromatic N) is 1. The Balaban J connectivity index is 1.77. The molecule has 0 radical (unpaired) electrons. The van der Waals surface area contributed by atoms with Gasteiger partial charge in [-0.3, -0.25) is 0 Å². The fourth-order valence-electron chi connectivity index (χ4n) is 2.34. The quantitative estimate of drug-likeness (QED) is 0.405. The third-order valence-corrected chi connectivity index (χ3v) is 5.00. The van der Waals surface area contributed by atoms with Crippen LogP contribution in [0, 0.1) is 6.92 Å². The second kappa shape index (κ2) is 8.22. The molecule has 1 heterocycles. The Morgan fingerprint density at radius 2 is 1.58 bits per heavy atom. The predicted molar refractivity (Wildman–Crippen MR) is 101 cm³/mol. The van der Waals surface area contributed by atoms with Crippen LogP contribution in [0.15, 0.2) is 71.6 Å². The van der Waals surface area contributed by atoms with E-state index < -0.39 is 0 Å². The molecule has 0 amide bonds. The molecule has 122 valence electrons. The molecule has 4 heteroatoms. The van der Waals surface area contributed by atoms with Crippen molar-refractivity contribution in [1.29, 1.82) is 0 Å². The number of hydrogen-bond acceptors (Lipinski definition) is 3. The summed E-state index contributed by atoms with van der Waals surface area (Å²) < 4.78 is 6.03. The number of thioether (sulfide) groups is 1. The molecular weight excluding hydrogens is 338 g/mol. The minimum absolute atomic E-state index is 0.458. The summed E-state index contributed by atoms with van der Waals surface area (Å²) in [5, 5.41) is 0.458. The third-order valence-electron chi connectivity index (χ3n) is 3.54. The van der Waals surface area contributed by atoms with Gasteiger partial charge < -0.3 is 4.74 Å². The van der Waals surface area contributed by atoms with Crippen LogP contribution in [-0.2, 0) is 12.4 Å². The van der Waals surface area contributed by atoms with Crippen molar-refractivity contribution in [2.24, 2.45) is 0 Å². The number of rotatable bonds is 6. The number of aromatic nitrogens is 1. The Morgan fingerprint density at radius 1 is 0.958 bits per heavy atom. The van der Waals surface area contributed by atoms with Crippen LogP contribution in [-0.4, -0.2) is 4.98 Å². The Hall–Kier alpha value is -1.97. The number of ether oxygens (including phenoxy) is 1. The van der Waals surface area contributed by atoms with Crippen LogP contribution < -0.4 is 4.74 Å². The van der Waals surface area contributed by atoms with E-state index in [1.54, 1.807) is 17.8 Å². The minimum atomic E-state index is 0.458. The Labute approximate surface area is 151 Å². The molecule has 0 atom stereocenters. The standard InChI is InChI=1S/C20H18ClNOS/c1-15-20(24-14-17-10-6-3-7-11-17)18(12-19(21)22-15)23-13-16-8-4-2-5-9-16/h2-12H,13-14H2,1H3. The van der Waals surface area contributed by atoms with E-state index in [1.165, 1.54) is 5.56 Å². The summed E-state index contributed by atoms with van der Waals surface area (Å²) in [5.41, 5.74) is 3.29. The zero-order valence-electron chi connectivity index (χ0n) is 13.4.